The summed E-state index contributed by atoms with van der Waals surface area (Å²) in [7, 11) is -18.0. The summed E-state index contributed by atoms with van der Waals surface area (Å²) in [4.78, 5) is 0. The van der Waals surface area contributed by atoms with Gasteiger partial charge >= 0.3 is 73.1 Å². The molecule has 0 heterocycles. The number of halogens is 12. The van der Waals surface area contributed by atoms with Crippen molar-refractivity contribution in [2.75, 3.05) is 0 Å². The minimum atomic E-state index is -6.00. The van der Waals surface area contributed by atoms with Gasteiger partial charge in [0.1, 0.15) is 0 Å². The molecule has 0 radical (unpaired) electrons. The molecule has 0 aromatic rings. The number of allylic oxidation sites excluding steroid dienone is 1. The number of hydrogen-bond donors (Lipinski definition) is 0. The summed E-state index contributed by atoms with van der Waals surface area (Å²) in [5.41, 5.74) is 0. The molecule has 0 rings (SSSR count). The Hall–Kier alpha value is 0.731. The van der Waals surface area contributed by atoms with E-state index < -0.39 is 21.8 Å². The molecule has 0 saturated carbocycles. The third-order valence-corrected chi connectivity index (χ3v) is 0.762. The van der Waals surface area contributed by atoms with E-state index in [1.54, 1.807) is 0 Å². The Bertz CT molecular complexity index is 184. The van der Waals surface area contributed by atoms with Crippen LogP contribution in [-0.4, -0.2) is 21.8 Å². The molecule has 0 aliphatic heterocycles. The molecule has 0 aliphatic rings. The topological polar surface area (TPSA) is 0 Å². The van der Waals surface area contributed by atoms with Gasteiger partial charge < -0.3 is 53.2 Å². The second-order valence-electron chi connectivity index (χ2n) is 2.92. The number of hydrogen-bond acceptors (Lipinski definition) is 0. The molecule has 0 unspecified atom stereocenters. The Labute approximate surface area is 164 Å². The fourth-order valence-corrected chi connectivity index (χ4v) is 0.348. The molecule has 0 N–H and O–H groups in total. The third kappa shape index (κ3) is 580. The fraction of sp³-hybridized carbons (Fsp3) is 0.667. The van der Waals surface area contributed by atoms with Crippen LogP contribution in [0.3, 0.4) is 0 Å². The summed E-state index contributed by atoms with van der Waals surface area (Å²) in [5, 5.41) is 0. The van der Waals surface area contributed by atoms with Crippen molar-refractivity contribution < 1.29 is 105 Å². The molecule has 0 aliphatic carbocycles. The first kappa shape index (κ1) is 34.1. The molecule has 0 atom stereocenters. The second-order valence-corrected chi connectivity index (χ2v) is 2.92. The van der Waals surface area contributed by atoms with E-state index in [1.165, 1.54) is 19.3 Å². The Balaban J connectivity index is -0.0000000408. The van der Waals surface area contributed by atoms with E-state index in [9.17, 15) is 51.8 Å². The summed E-state index contributed by atoms with van der Waals surface area (Å²) >= 11 is 0. The van der Waals surface area contributed by atoms with E-state index in [0.717, 1.165) is 0 Å². The average Bonchev–Trinajstić information content (AvgIpc) is 2.06. The van der Waals surface area contributed by atoms with E-state index in [1.807, 2.05) is 6.08 Å². The van der Waals surface area contributed by atoms with Crippen molar-refractivity contribution in [2.24, 2.45) is 0 Å². The Morgan fingerprint density at radius 2 is 0.909 bits per heavy atom. The SMILES string of the molecule is C=CCCCC.F[B-](F)(F)F.F[B-](F)(F)F.F[B-](F)(F)F.[H-].[K+]. The van der Waals surface area contributed by atoms with Crippen molar-refractivity contribution in [3.05, 3.63) is 12.7 Å². The summed E-state index contributed by atoms with van der Waals surface area (Å²) in [6, 6.07) is 0. The summed E-state index contributed by atoms with van der Waals surface area (Å²) in [6.07, 6.45) is 5.72. The van der Waals surface area contributed by atoms with Crippen molar-refractivity contribution in [2.45, 2.75) is 26.2 Å². The zero-order valence-corrected chi connectivity index (χ0v) is 14.8. The molecule has 0 bridgehead atoms. The summed E-state index contributed by atoms with van der Waals surface area (Å²) in [6.45, 7) is 5.78. The molecule has 16 heteroatoms. The molecule has 0 nitrogen and oxygen atoms in total. The minimum Gasteiger partial charge on any atom is -1.00 e. The van der Waals surface area contributed by atoms with Gasteiger partial charge in [-0.25, -0.2) is 0 Å². The molecular weight excluding hydrogens is 372 g/mol. The molecule has 0 spiro atoms. The monoisotopic (exact) mass is 385 g/mol. The van der Waals surface area contributed by atoms with Crippen LogP contribution in [0.15, 0.2) is 12.7 Å². The predicted octanol–water partition coefficient (Wildman–Crippen LogP) is 3.38. The fourth-order valence-electron chi connectivity index (χ4n) is 0.348. The van der Waals surface area contributed by atoms with E-state index in [-0.39, 0.29) is 52.8 Å². The van der Waals surface area contributed by atoms with E-state index in [0.29, 0.717) is 0 Å². The third-order valence-electron chi connectivity index (χ3n) is 0.762. The van der Waals surface area contributed by atoms with Gasteiger partial charge in [0.05, 0.1) is 0 Å². The van der Waals surface area contributed by atoms with Gasteiger partial charge in [-0.3, -0.25) is 0 Å². The van der Waals surface area contributed by atoms with Gasteiger partial charge in [0.2, 0.25) is 0 Å². The Morgan fingerprint density at radius 1 is 0.727 bits per heavy atom. The maximum absolute atomic E-state index is 9.75. The summed E-state index contributed by atoms with van der Waals surface area (Å²) < 4.78 is 117. The molecule has 0 fully saturated rings. The molecule has 0 aromatic carbocycles. The standard InChI is InChI=1S/C6H12.3BF4.K.H/c1-3-5-6-4-2;3*2-1(3,4)5;;/h3H,1,4-6H2,2H3;;;;;/q;3*-1;+1;-1. The van der Waals surface area contributed by atoms with Gasteiger partial charge in [-0.15, -0.1) is 6.58 Å². The van der Waals surface area contributed by atoms with Gasteiger partial charge in [-0.05, 0) is 6.42 Å². The largest absolute Gasteiger partial charge is 1.00 e. The predicted molar refractivity (Wildman–Crippen MR) is 61.4 cm³/mol. The first-order chi connectivity index (χ1) is 8.91. The van der Waals surface area contributed by atoms with Gasteiger partial charge in [-0.2, -0.15) is 0 Å². The second kappa shape index (κ2) is 18.1. The maximum Gasteiger partial charge on any atom is 1.00 e. The van der Waals surface area contributed by atoms with E-state index in [4.69, 9.17) is 0 Å². The van der Waals surface area contributed by atoms with Crippen molar-refractivity contribution in [1.29, 1.82) is 0 Å². The molecular formula is C6H13B3F12K-3. The molecule has 0 aromatic heterocycles. The van der Waals surface area contributed by atoms with Crippen molar-refractivity contribution in [3.63, 3.8) is 0 Å². The van der Waals surface area contributed by atoms with Gasteiger partial charge in [-0.1, -0.05) is 25.8 Å². The summed E-state index contributed by atoms with van der Waals surface area (Å²) in [5.74, 6) is 0. The normalized spacial score (nSPS) is 10.4. The van der Waals surface area contributed by atoms with Crippen LogP contribution in [0.25, 0.3) is 0 Å². The van der Waals surface area contributed by atoms with Crippen LogP contribution in [0.5, 0.6) is 0 Å². The van der Waals surface area contributed by atoms with E-state index >= 15 is 0 Å². The van der Waals surface area contributed by atoms with Crippen LogP contribution in [0.1, 0.15) is 27.6 Å². The van der Waals surface area contributed by atoms with Gasteiger partial charge in [0.25, 0.3) is 0 Å². The first-order valence-electron chi connectivity index (χ1n) is 5.14. The Morgan fingerprint density at radius 3 is 0.955 bits per heavy atom. The van der Waals surface area contributed by atoms with Crippen LogP contribution < -0.4 is 51.4 Å². The quantitative estimate of drug-likeness (QED) is 0.303. The molecule has 0 amide bonds. The van der Waals surface area contributed by atoms with Crippen LogP contribution in [0.2, 0.25) is 0 Å². The van der Waals surface area contributed by atoms with Crippen molar-refractivity contribution in [1.82, 2.24) is 0 Å². The van der Waals surface area contributed by atoms with E-state index in [2.05, 4.69) is 13.5 Å². The number of rotatable bonds is 3. The first-order valence-corrected chi connectivity index (χ1v) is 5.14. The zero-order chi connectivity index (χ0) is 18.3. The van der Waals surface area contributed by atoms with Crippen molar-refractivity contribution in [3.8, 4) is 0 Å². The van der Waals surface area contributed by atoms with Gasteiger partial charge in [0, 0.05) is 0 Å². The smallest absolute Gasteiger partial charge is 1.00 e. The number of unbranched alkanes of at least 4 members (excludes halogenated alkanes) is 2. The van der Waals surface area contributed by atoms with Crippen LogP contribution >= 0.6 is 0 Å². The van der Waals surface area contributed by atoms with Crippen LogP contribution in [0.4, 0.5) is 51.8 Å². The molecule has 0 saturated heterocycles. The molecule has 22 heavy (non-hydrogen) atoms. The Kier molecular flexibility index (Phi) is 28.1. The molecule has 134 valence electrons. The van der Waals surface area contributed by atoms with Gasteiger partial charge in [0.15, 0.2) is 0 Å². The minimum absolute atomic E-state index is 0. The zero-order valence-electron chi connectivity index (χ0n) is 12.7. The van der Waals surface area contributed by atoms with Crippen molar-refractivity contribution >= 4 is 21.8 Å². The van der Waals surface area contributed by atoms with Crippen LogP contribution in [-0.2, 0) is 0 Å². The maximum atomic E-state index is 9.75. The van der Waals surface area contributed by atoms with Crippen LogP contribution in [0, 0.1) is 0 Å². The average molecular weight is 385 g/mol.